The van der Waals surface area contributed by atoms with E-state index in [1.807, 2.05) is 13.1 Å². The molecule has 0 spiro atoms. The molecule has 2 atom stereocenters. The van der Waals surface area contributed by atoms with Gasteiger partial charge in [0.1, 0.15) is 5.15 Å². The number of pyridine rings is 1. The summed E-state index contributed by atoms with van der Waals surface area (Å²) in [6.07, 6.45) is 6.68. The average Bonchev–Trinajstić information content (AvgIpc) is 2.29. The van der Waals surface area contributed by atoms with E-state index in [-0.39, 0.29) is 0 Å². The minimum absolute atomic E-state index is 0.589. The van der Waals surface area contributed by atoms with Crippen LogP contribution in [-0.2, 0) is 0 Å². The van der Waals surface area contributed by atoms with Crippen LogP contribution in [-0.4, -0.2) is 11.5 Å². The number of nitrogens with zero attached hydrogens (tertiary/aromatic N) is 1. The highest BCUT2D eigenvalue weighted by atomic mass is 35.5. The molecule has 0 amide bonds. The van der Waals surface area contributed by atoms with Gasteiger partial charge in [0, 0.05) is 6.54 Å². The lowest BCUT2D eigenvalue weighted by atomic mass is 9.84. The molecule has 3 heteroatoms. The highest BCUT2D eigenvalue weighted by Crippen LogP contribution is 2.28. The van der Waals surface area contributed by atoms with Gasteiger partial charge in [-0.3, -0.25) is 0 Å². The number of hydrogen-bond acceptors (Lipinski definition) is 2. The van der Waals surface area contributed by atoms with E-state index in [0.29, 0.717) is 11.1 Å². The lowest BCUT2D eigenvalue weighted by Gasteiger charge is -2.26. The zero-order valence-electron chi connectivity index (χ0n) is 11.3. The number of halogens is 1. The molecule has 1 aromatic heterocycles. The maximum atomic E-state index is 5.92. The third-order valence-corrected chi connectivity index (χ3v) is 3.89. The van der Waals surface area contributed by atoms with E-state index < -0.39 is 0 Å². The van der Waals surface area contributed by atoms with Crippen molar-refractivity contribution in [1.82, 2.24) is 4.98 Å². The molecule has 0 fully saturated rings. The average molecular weight is 265 g/mol. The first-order chi connectivity index (χ1) is 8.54. The lowest BCUT2D eigenvalue weighted by Crippen LogP contribution is -2.20. The Morgan fingerprint density at radius 2 is 2.22 bits per heavy atom. The van der Waals surface area contributed by atoms with Crippen molar-refractivity contribution in [1.29, 1.82) is 0 Å². The molecule has 0 aromatic carbocycles. The fourth-order valence-corrected chi connectivity index (χ4v) is 2.86. The predicted octanol–water partition coefficient (Wildman–Crippen LogP) is 4.45. The van der Waals surface area contributed by atoms with Crippen LogP contribution in [0.3, 0.4) is 0 Å². The highest BCUT2D eigenvalue weighted by molar-refractivity contribution is 6.30. The summed E-state index contributed by atoms with van der Waals surface area (Å²) in [6, 6.07) is 2.06. The molecule has 1 aliphatic rings. The SMILES string of the molecule is CC1=CC(C)CC(CNc2cnc(Cl)c(C)c2)C1. The summed E-state index contributed by atoms with van der Waals surface area (Å²) in [5.74, 6) is 1.43. The largest absolute Gasteiger partial charge is 0.384 e. The number of anilines is 1. The summed E-state index contributed by atoms with van der Waals surface area (Å²) >= 11 is 5.92. The van der Waals surface area contributed by atoms with E-state index in [1.165, 1.54) is 18.4 Å². The standard InChI is InChI=1S/C15H21ClN2/c1-10-4-11(2)6-13(5-10)8-17-14-7-12(3)15(16)18-9-14/h4,7,9-10,13,17H,5-6,8H2,1-3H3. The van der Waals surface area contributed by atoms with Gasteiger partial charge in [0.05, 0.1) is 11.9 Å². The van der Waals surface area contributed by atoms with Crippen molar-refractivity contribution in [3.05, 3.63) is 34.6 Å². The fraction of sp³-hybridized carbons (Fsp3) is 0.533. The normalized spacial score (nSPS) is 23.7. The van der Waals surface area contributed by atoms with Gasteiger partial charge in [-0.15, -0.1) is 0 Å². The Balaban J connectivity index is 1.92. The van der Waals surface area contributed by atoms with Crippen LogP contribution >= 0.6 is 11.6 Å². The molecule has 0 radical (unpaired) electrons. The molecule has 2 unspecified atom stereocenters. The van der Waals surface area contributed by atoms with Crippen LogP contribution in [0.1, 0.15) is 32.3 Å². The first kappa shape index (κ1) is 13.4. The second-order valence-electron chi connectivity index (χ2n) is 5.51. The van der Waals surface area contributed by atoms with Gasteiger partial charge in [0.15, 0.2) is 0 Å². The summed E-state index contributed by atoms with van der Waals surface area (Å²) in [5.41, 5.74) is 3.61. The molecule has 1 N–H and O–H groups in total. The smallest absolute Gasteiger partial charge is 0.132 e. The van der Waals surface area contributed by atoms with Gasteiger partial charge in [-0.05, 0) is 50.2 Å². The molecule has 2 nitrogen and oxygen atoms in total. The second kappa shape index (κ2) is 5.75. The van der Waals surface area contributed by atoms with Crippen molar-refractivity contribution < 1.29 is 0 Å². The molecule has 0 saturated carbocycles. The van der Waals surface area contributed by atoms with Crippen LogP contribution < -0.4 is 5.32 Å². The fourth-order valence-electron chi connectivity index (χ4n) is 2.76. The van der Waals surface area contributed by atoms with Gasteiger partial charge in [-0.2, -0.15) is 0 Å². The van der Waals surface area contributed by atoms with E-state index >= 15 is 0 Å². The van der Waals surface area contributed by atoms with Gasteiger partial charge < -0.3 is 5.32 Å². The number of aromatic nitrogens is 1. The van der Waals surface area contributed by atoms with Gasteiger partial charge in [0.2, 0.25) is 0 Å². The molecule has 18 heavy (non-hydrogen) atoms. The number of hydrogen-bond donors (Lipinski definition) is 1. The summed E-state index contributed by atoms with van der Waals surface area (Å²) in [5, 5.41) is 4.06. The van der Waals surface area contributed by atoms with Crippen LogP contribution in [0, 0.1) is 18.8 Å². The van der Waals surface area contributed by atoms with Gasteiger partial charge in [-0.1, -0.05) is 30.2 Å². The Morgan fingerprint density at radius 3 is 2.89 bits per heavy atom. The number of allylic oxidation sites excluding steroid dienone is 2. The topological polar surface area (TPSA) is 24.9 Å². The maximum absolute atomic E-state index is 5.92. The van der Waals surface area contributed by atoms with Crippen LogP contribution in [0.2, 0.25) is 5.15 Å². The first-order valence-corrected chi connectivity index (χ1v) is 6.95. The van der Waals surface area contributed by atoms with Crippen molar-refractivity contribution in [2.75, 3.05) is 11.9 Å². The van der Waals surface area contributed by atoms with E-state index in [9.17, 15) is 0 Å². The summed E-state index contributed by atoms with van der Waals surface area (Å²) < 4.78 is 0. The molecule has 1 heterocycles. The quantitative estimate of drug-likeness (QED) is 0.645. The van der Waals surface area contributed by atoms with Gasteiger partial charge in [-0.25, -0.2) is 4.98 Å². The zero-order valence-corrected chi connectivity index (χ0v) is 12.1. The Labute approximate surface area is 114 Å². The second-order valence-corrected chi connectivity index (χ2v) is 5.87. The monoisotopic (exact) mass is 264 g/mol. The third-order valence-electron chi connectivity index (χ3n) is 3.49. The van der Waals surface area contributed by atoms with E-state index in [4.69, 9.17) is 11.6 Å². The number of rotatable bonds is 3. The minimum atomic E-state index is 0.589. The Kier molecular flexibility index (Phi) is 4.28. The molecule has 0 bridgehead atoms. The molecular weight excluding hydrogens is 244 g/mol. The summed E-state index contributed by atoms with van der Waals surface area (Å²) in [6.45, 7) is 7.52. The van der Waals surface area contributed by atoms with Crippen LogP contribution in [0.5, 0.6) is 0 Å². The van der Waals surface area contributed by atoms with Crippen LogP contribution in [0.15, 0.2) is 23.9 Å². The molecule has 1 aromatic rings. The Hall–Kier alpha value is -1.02. The molecule has 0 aliphatic heterocycles. The molecular formula is C15H21ClN2. The van der Waals surface area contributed by atoms with Crippen molar-refractivity contribution in [3.8, 4) is 0 Å². The highest BCUT2D eigenvalue weighted by Gasteiger charge is 2.17. The van der Waals surface area contributed by atoms with Crippen LogP contribution in [0.25, 0.3) is 0 Å². The minimum Gasteiger partial charge on any atom is -0.384 e. The molecule has 1 aliphatic carbocycles. The van der Waals surface area contributed by atoms with Crippen molar-refractivity contribution in [3.63, 3.8) is 0 Å². The van der Waals surface area contributed by atoms with E-state index in [0.717, 1.165) is 23.7 Å². The molecule has 2 rings (SSSR count). The van der Waals surface area contributed by atoms with Crippen molar-refractivity contribution in [2.45, 2.75) is 33.6 Å². The van der Waals surface area contributed by atoms with Gasteiger partial charge >= 0.3 is 0 Å². The van der Waals surface area contributed by atoms with Crippen molar-refractivity contribution in [2.24, 2.45) is 11.8 Å². The van der Waals surface area contributed by atoms with Crippen molar-refractivity contribution >= 4 is 17.3 Å². The van der Waals surface area contributed by atoms with E-state index in [1.54, 1.807) is 0 Å². The number of nitrogens with one attached hydrogen (secondary N) is 1. The third kappa shape index (κ3) is 3.49. The molecule has 98 valence electrons. The molecule has 0 saturated heterocycles. The van der Waals surface area contributed by atoms with E-state index in [2.05, 4.69) is 36.3 Å². The predicted molar refractivity (Wildman–Crippen MR) is 78.1 cm³/mol. The zero-order chi connectivity index (χ0) is 13.1. The maximum Gasteiger partial charge on any atom is 0.132 e. The summed E-state index contributed by atoms with van der Waals surface area (Å²) in [4.78, 5) is 4.16. The lowest BCUT2D eigenvalue weighted by molar-refractivity contribution is 0.421. The van der Waals surface area contributed by atoms with Crippen LogP contribution in [0.4, 0.5) is 5.69 Å². The van der Waals surface area contributed by atoms with Gasteiger partial charge in [0.25, 0.3) is 0 Å². The Bertz CT molecular complexity index is 454. The summed E-state index contributed by atoms with van der Waals surface area (Å²) in [7, 11) is 0. The Morgan fingerprint density at radius 1 is 1.44 bits per heavy atom. The first-order valence-electron chi connectivity index (χ1n) is 6.58. The number of aryl methyl sites for hydroxylation is 1.